The summed E-state index contributed by atoms with van der Waals surface area (Å²) in [6.45, 7) is 6.50. The zero-order valence-electron chi connectivity index (χ0n) is 45.8. The first-order valence-electron chi connectivity index (χ1n) is 28.6. The summed E-state index contributed by atoms with van der Waals surface area (Å²) < 4.78 is 5.22. The first-order chi connectivity index (χ1) is 41.2. The van der Waals surface area contributed by atoms with Crippen LogP contribution < -0.4 is 9.80 Å². The van der Waals surface area contributed by atoms with Gasteiger partial charge in [-0.1, -0.05) is 231 Å². The highest BCUT2D eigenvalue weighted by Gasteiger charge is 2.33. The number of para-hydroxylation sites is 4. The van der Waals surface area contributed by atoms with Gasteiger partial charge in [-0.15, -0.1) is 0 Å². The van der Waals surface area contributed by atoms with E-state index in [-0.39, 0.29) is 0 Å². The van der Waals surface area contributed by atoms with E-state index >= 15 is 0 Å². The molecule has 4 nitrogen and oxygen atoms in total. The fraction of sp³-hybridized carbons (Fsp3) is 0.0127. The number of aromatic nitrogens is 2. The number of benzene rings is 12. The summed E-state index contributed by atoms with van der Waals surface area (Å²) in [6.07, 6.45) is 8.61. The van der Waals surface area contributed by atoms with E-state index in [9.17, 15) is 0 Å². The molecule has 0 amide bonds. The van der Waals surface area contributed by atoms with Crippen molar-refractivity contribution in [1.82, 2.24) is 8.80 Å². The summed E-state index contributed by atoms with van der Waals surface area (Å²) in [7, 11) is 0. The minimum Gasteiger partial charge on any atom is -0.310 e. The number of anilines is 6. The van der Waals surface area contributed by atoms with Crippen molar-refractivity contribution >= 4 is 116 Å². The quantitative estimate of drug-likeness (QED) is 0.113. The molecule has 0 aliphatic rings. The average molecular weight is 1060 g/mol. The second-order valence-electron chi connectivity index (χ2n) is 21.5. The van der Waals surface area contributed by atoms with Gasteiger partial charge in [0.15, 0.2) is 0 Å². The summed E-state index contributed by atoms with van der Waals surface area (Å²) in [6, 6.07) is 99.9. The number of rotatable bonds is 12. The topological polar surface area (TPSA) is 15.3 Å². The zero-order chi connectivity index (χ0) is 55.1. The van der Waals surface area contributed by atoms with Gasteiger partial charge in [0.2, 0.25) is 0 Å². The summed E-state index contributed by atoms with van der Waals surface area (Å²) in [5.41, 5.74) is 23.0. The van der Waals surface area contributed by atoms with Gasteiger partial charge in [0.25, 0.3) is 0 Å². The molecule has 0 unspecified atom stereocenters. The average Bonchev–Trinajstić information content (AvgIpc) is 1.58. The Morgan fingerprint density at radius 3 is 1.18 bits per heavy atom. The standard InChI is InChI=1S/C79H54N4/c1-3-24-56(25-4-2)70-74-64-48-50-68(80(58-32-16-8-17-33-58)60-44-40-54(41-45-60)52-26-10-5-11-27-52)72-63-37-21-23-39-67(63)83(76(64)72)79(74)71(57-30-14-7-15-31-57)75-65-49-51-69(73-62-36-20-22-38-66(62)82(77(65)73)78(70)75)81(59-34-18-9-19-35-59)61-46-42-55(43-47-61)53-28-12-6-13-29-53/h3-51H,1H2,2H3/b25-4-,56-24+. The molecule has 4 aromatic heterocycles. The largest absolute Gasteiger partial charge is 0.310 e. The van der Waals surface area contributed by atoms with E-state index in [4.69, 9.17) is 0 Å². The maximum absolute atomic E-state index is 4.38. The maximum atomic E-state index is 4.38. The Kier molecular flexibility index (Phi) is 11.2. The smallest absolute Gasteiger partial charge is 0.0642 e. The summed E-state index contributed by atoms with van der Waals surface area (Å²) in [5, 5.41) is 9.60. The normalized spacial score (nSPS) is 12.2. The molecule has 0 saturated carbocycles. The van der Waals surface area contributed by atoms with Gasteiger partial charge in [-0.2, -0.15) is 0 Å². The number of allylic oxidation sites excluding steroid dienone is 5. The first-order valence-corrected chi connectivity index (χ1v) is 28.6. The molecule has 0 saturated heterocycles. The van der Waals surface area contributed by atoms with Gasteiger partial charge in [-0.05, 0) is 113 Å². The van der Waals surface area contributed by atoms with Gasteiger partial charge in [0.05, 0.1) is 44.5 Å². The van der Waals surface area contributed by atoms with Crippen molar-refractivity contribution in [1.29, 1.82) is 0 Å². The van der Waals surface area contributed by atoms with Gasteiger partial charge in [-0.25, -0.2) is 0 Å². The predicted molar refractivity (Wildman–Crippen MR) is 354 cm³/mol. The third-order valence-corrected chi connectivity index (χ3v) is 17.0. The summed E-state index contributed by atoms with van der Waals surface area (Å²) >= 11 is 0. The van der Waals surface area contributed by atoms with Gasteiger partial charge >= 0.3 is 0 Å². The molecule has 12 aromatic carbocycles. The van der Waals surface area contributed by atoms with Crippen LogP contribution in [0.3, 0.4) is 0 Å². The number of nitrogens with zero attached hydrogens (tertiary/aromatic N) is 4. The molecule has 0 aliphatic carbocycles. The van der Waals surface area contributed by atoms with Crippen LogP contribution in [0.2, 0.25) is 0 Å². The van der Waals surface area contributed by atoms with E-state index in [1.54, 1.807) is 0 Å². The van der Waals surface area contributed by atoms with E-state index < -0.39 is 0 Å². The molecule has 0 N–H and O–H groups in total. The Labute approximate surface area is 481 Å². The maximum Gasteiger partial charge on any atom is 0.0642 e. The lowest BCUT2D eigenvalue weighted by Gasteiger charge is -2.27. The van der Waals surface area contributed by atoms with Crippen LogP contribution in [0.5, 0.6) is 0 Å². The van der Waals surface area contributed by atoms with Crippen molar-refractivity contribution < 1.29 is 0 Å². The zero-order valence-corrected chi connectivity index (χ0v) is 45.8. The number of hydrogen-bond donors (Lipinski definition) is 0. The highest BCUT2D eigenvalue weighted by atomic mass is 15.2. The molecule has 4 heterocycles. The van der Waals surface area contributed by atoms with Crippen LogP contribution in [0.4, 0.5) is 34.1 Å². The lowest BCUT2D eigenvalue weighted by atomic mass is 9.88. The molecular formula is C79H54N4. The van der Waals surface area contributed by atoms with Crippen molar-refractivity contribution in [2.75, 3.05) is 9.80 Å². The highest BCUT2D eigenvalue weighted by molar-refractivity contribution is 6.38. The fourth-order valence-corrected chi connectivity index (χ4v) is 13.7. The van der Waals surface area contributed by atoms with E-state index in [0.29, 0.717) is 0 Å². The van der Waals surface area contributed by atoms with Crippen LogP contribution >= 0.6 is 0 Å². The number of hydrogen-bond acceptors (Lipinski definition) is 2. The molecule has 390 valence electrons. The van der Waals surface area contributed by atoms with Gasteiger partial charge in [0.1, 0.15) is 0 Å². The third-order valence-electron chi connectivity index (χ3n) is 17.0. The Hall–Kier alpha value is -10.9. The highest BCUT2D eigenvalue weighted by Crippen LogP contribution is 2.56. The Morgan fingerprint density at radius 2 is 0.723 bits per heavy atom. The van der Waals surface area contributed by atoms with Crippen LogP contribution in [0.1, 0.15) is 12.5 Å². The lowest BCUT2D eigenvalue weighted by molar-refractivity contribution is 1.30. The summed E-state index contributed by atoms with van der Waals surface area (Å²) in [5.74, 6) is 0. The molecule has 0 atom stereocenters. The molecule has 0 bridgehead atoms. The minimum absolute atomic E-state index is 1.09. The van der Waals surface area contributed by atoms with Crippen molar-refractivity contribution in [2.45, 2.75) is 6.92 Å². The predicted octanol–water partition coefficient (Wildman–Crippen LogP) is 22.1. The van der Waals surface area contributed by atoms with Crippen LogP contribution in [-0.2, 0) is 0 Å². The second kappa shape index (κ2) is 19.4. The Bertz CT molecular complexity index is 5040. The van der Waals surface area contributed by atoms with E-state index in [1.165, 1.54) is 98.5 Å². The van der Waals surface area contributed by atoms with Gasteiger partial charge in [-0.3, -0.25) is 0 Å². The van der Waals surface area contributed by atoms with Crippen LogP contribution in [-0.4, -0.2) is 8.80 Å². The van der Waals surface area contributed by atoms with Crippen molar-refractivity contribution in [3.05, 3.63) is 309 Å². The van der Waals surface area contributed by atoms with E-state index in [0.717, 1.165) is 56.3 Å². The van der Waals surface area contributed by atoms with Crippen LogP contribution in [0.15, 0.2) is 304 Å². The van der Waals surface area contributed by atoms with Crippen LogP contribution in [0.25, 0.3) is 115 Å². The van der Waals surface area contributed by atoms with Crippen molar-refractivity contribution in [2.24, 2.45) is 0 Å². The molecular weight excluding hydrogens is 1000 g/mol. The molecule has 0 spiro atoms. The Morgan fingerprint density at radius 1 is 0.337 bits per heavy atom. The second-order valence-corrected chi connectivity index (χ2v) is 21.5. The summed E-state index contributed by atoms with van der Waals surface area (Å²) in [4.78, 5) is 4.89. The monoisotopic (exact) mass is 1060 g/mol. The van der Waals surface area contributed by atoms with E-state index in [1.807, 2.05) is 6.08 Å². The minimum atomic E-state index is 1.09. The molecule has 4 heteroatoms. The third kappa shape index (κ3) is 7.33. The van der Waals surface area contributed by atoms with Crippen molar-refractivity contribution in [3.8, 4) is 33.4 Å². The fourth-order valence-electron chi connectivity index (χ4n) is 13.7. The molecule has 16 rings (SSSR count). The Balaban J connectivity index is 1.06. The molecule has 83 heavy (non-hydrogen) atoms. The molecule has 16 aromatic rings. The van der Waals surface area contributed by atoms with Gasteiger partial charge < -0.3 is 18.6 Å². The molecule has 0 aliphatic heterocycles. The van der Waals surface area contributed by atoms with Crippen molar-refractivity contribution in [3.63, 3.8) is 0 Å². The SMILES string of the molecule is C=C/C=C(\C=C/C)c1c2c3ccc(N(c4ccccc4)c4ccc(-c5ccccc5)cc4)c4c5ccccc5n(c2c(-c2ccccc2)c2c5ccc(N(c6ccccc6)c6ccc(-c7ccccc7)cc6)c6c7ccccc7n(c12)c56)c34. The first kappa shape index (κ1) is 48.0. The van der Waals surface area contributed by atoms with Gasteiger partial charge in [0, 0.05) is 77.0 Å². The van der Waals surface area contributed by atoms with E-state index in [2.05, 4.69) is 323 Å². The number of fused-ring (bicyclic) bond motifs is 12. The molecule has 0 fully saturated rings. The molecule has 0 radical (unpaired) electrons. The lowest BCUT2D eigenvalue weighted by Crippen LogP contribution is -2.10. The van der Waals surface area contributed by atoms with Crippen LogP contribution in [0, 0.1) is 0 Å².